The number of nitrogens with zero attached hydrogens (tertiary/aromatic N) is 1. The van der Waals surface area contributed by atoms with E-state index in [1.54, 1.807) is 7.11 Å². The van der Waals surface area contributed by atoms with E-state index in [1.807, 2.05) is 29.2 Å². The molecule has 4 nitrogen and oxygen atoms in total. The lowest BCUT2D eigenvalue weighted by Gasteiger charge is -2.41. The van der Waals surface area contributed by atoms with Crippen molar-refractivity contribution in [2.24, 2.45) is 11.7 Å². The molecular formula is C16H24N2O2. The van der Waals surface area contributed by atoms with Gasteiger partial charge in [0.05, 0.1) is 13.2 Å². The minimum Gasteiger partial charge on any atom is -0.497 e. The standard InChI is InChI=1S/C16H24N2O2/c1-11(2)10-18-15(19)8-7-14(17)16(18)12-5-4-6-13(9-12)20-3/h4-6,9,11,14,16H,7-8,10,17H2,1-3H3. The van der Waals surface area contributed by atoms with Gasteiger partial charge in [-0.2, -0.15) is 0 Å². The maximum atomic E-state index is 12.3. The number of carbonyl (C=O) groups excluding carboxylic acids is 1. The highest BCUT2D eigenvalue weighted by molar-refractivity contribution is 5.78. The highest BCUT2D eigenvalue weighted by Gasteiger charge is 2.35. The van der Waals surface area contributed by atoms with Gasteiger partial charge in [-0.15, -0.1) is 0 Å². The summed E-state index contributed by atoms with van der Waals surface area (Å²) >= 11 is 0. The molecule has 110 valence electrons. The Balaban J connectivity index is 2.33. The number of nitrogens with two attached hydrogens (primary N) is 1. The van der Waals surface area contributed by atoms with Crippen molar-refractivity contribution in [1.82, 2.24) is 4.90 Å². The molecule has 20 heavy (non-hydrogen) atoms. The van der Waals surface area contributed by atoms with Gasteiger partial charge in [0.15, 0.2) is 0 Å². The van der Waals surface area contributed by atoms with Crippen LogP contribution in [0.4, 0.5) is 0 Å². The molecule has 0 bridgehead atoms. The van der Waals surface area contributed by atoms with Crippen molar-refractivity contribution in [1.29, 1.82) is 0 Å². The van der Waals surface area contributed by atoms with Gasteiger partial charge >= 0.3 is 0 Å². The second-order valence-corrected chi connectivity index (χ2v) is 5.86. The average Bonchev–Trinajstić information content (AvgIpc) is 2.42. The number of likely N-dealkylation sites (tertiary alicyclic amines) is 1. The Labute approximate surface area is 120 Å². The van der Waals surface area contributed by atoms with E-state index in [4.69, 9.17) is 10.5 Å². The number of amides is 1. The average molecular weight is 276 g/mol. The molecule has 1 amide bonds. The largest absolute Gasteiger partial charge is 0.497 e. The van der Waals surface area contributed by atoms with Crippen LogP contribution in [0.25, 0.3) is 0 Å². The van der Waals surface area contributed by atoms with Gasteiger partial charge in [0.25, 0.3) is 0 Å². The number of carbonyl (C=O) groups is 1. The summed E-state index contributed by atoms with van der Waals surface area (Å²) < 4.78 is 5.28. The van der Waals surface area contributed by atoms with Crippen LogP contribution < -0.4 is 10.5 Å². The molecule has 1 aliphatic heterocycles. The normalized spacial score (nSPS) is 23.2. The number of ether oxygens (including phenoxy) is 1. The molecule has 0 radical (unpaired) electrons. The second kappa shape index (κ2) is 6.27. The Morgan fingerprint density at radius 1 is 1.45 bits per heavy atom. The van der Waals surface area contributed by atoms with Gasteiger partial charge in [0, 0.05) is 19.0 Å². The van der Waals surface area contributed by atoms with Crippen molar-refractivity contribution in [2.45, 2.75) is 38.8 Å². The highest BCUT2D eigenvalue weighted by atomic mass is 16.5. The summed E-state index contributed by atoms with van der Waals surface area (Å²) in [6.45, 7) is 4.99. The lowest BCUT2D eigenvalue weighted by molar-refractivity contribution is -0.138. The van der Waals surface area contributed by atoms with Crippen LogP contribution in [0.15, 0.2) is 24.3 Å². The van der Waals surface area contributed by atoms with Crippen LogP contribution in [-0.2, 0) is 4.79 Å². The topological polar surface area (TPSA) is 55.6 Å². The van der Waals surface area contributed by atoms with E-state index in [9.17, 15) is 4.79 Å². The van der Waals surface area contributed by atoms with Gasteiger partial charge in [0.1, 0.15) is 5.75 Å². The Bertz CT molecular complexity index is 473. The third-order valence-corrected chi connectivity index (χ3v) is 3.75. The fraction of sp³-hybridized carbons (Fsp3) is 0.562. The molecule has 0 aliphatic carbocycles. The summed E-state index contributed by atoms with van der Waals surface area (Å²) in [5.74, 6) is 1.43. The molecule has 1 fully saturated rings. The first-order valence-corrected chi connectivity index (χ1v) is 7.22. The van der Waals surface area contributed by atoms with Crippen LogP contribution in [0, 0.1) is 5.92 Å². The monoisotopic (exact) mass is 276 g/mol. The van der Waals surface area contributed by atoms with E-state index in [2.05, 4.69) is 13.8 Å². The van der Waals surface area contributed by atoms with Crippen LogP contribution in [-0.4, -0.2) is 30.5 Å². The minimum atomic E-state index is -0.0475. The molecule has 2 atom stereocenters. The lowest BCUT2D eigenvalue weighted by Crippen LogP contribution is -2.49. The van der Waals surface area contributed by atoms with E-state index in [1.165, 1.54) is 0 Å². The Hall–Kier alpha value is -1.55. The maximum absolute atomic E-state index is 12.3. The first-order valence-electron chi connectivity index (χ1n) is 7.22. The fourth-order valence-electron chi connectivity index (χ4n) is 2.84. The Morgan fingerprint density at radius 2 is 2.20 bits per heavy atom. The predicted octanol–water partition coefficient (Wildman–Crippen LogP) is 2.34. The summed E-state index contributed by atoms with van der Waals surface area (Å²) in [5.41, 5.74) is 7.36. The molecule has 2 N–H and O–H groups in total. The van der Waals surface area contributed by atoms with Crippen molar-refractivity contribution in [3.8, 4) is 5.75 Å². The van der Waals surface area contributed by atoms with E-state index < -0.39 is 0 Å². The Kier molecular flexibility index (Phi) is 4.65. The molecule has 1 aromatic carbocycles. The summed E-state index contributed by atoms with van der Waals surface area (Å²) in [6, 6.07) is 7.81. The highest BCUT2D eigenvalue weighted by Crippen LogP contribution is 2.33. The van der Waals surface area contributed by atoms with Gasteiger partial charge in [0.2, 0.25) is 5.91 Å². The van der Waals surface area contributed by atoms with Crippen LogP contribution in [0.2, 0.25) is 0 Å². The minimum absolute atomic E-state index is 0.0152. The van der Waals surface area contributed by atoms with Crippen molar-refractivity contribution in [2.75, 3.05) is 13.7 Å². The second-order valence-electron chi connectivity index (χ2n) is 5.86. The molecule has 1 aliphatic rings. The van der Waals surface area contributed by atoms with Gasteiger partial charge in [-0.25, -0.2) is 0 Å². The number of hydrogen-bond acceptors (Lipinski definition) is 3. The van der Waals surface area contributed by atoms with Crippen molar-refractivity contribution in [3.05, 3.63) is 29.8 Å². The maximum Gasteiger partial charge on any atom is 0.223 e. The number of hydrogen-bond donors (Lipinski definition) is 1. The smallest absolute Gasteiger partial charge is 0.223 e. The Morgan fingerprint density at radius 3 is 2.85 bits per heavy atom. The first-order chi connectivity index (χ1) is 9.52. The predicted molar refractivity (Wildman–Crippen MR) is 79.5 cm³/mol. The molecule has 4 heteroatoms. The van der Waals surface area contributed by atoms with E-state index in [0.717, 1.165) is 24.3 Å². The molecular weight excluding hydrogens is 252 g/mol. The SMILES string of the molecule is COc1cccc(C2C(N)CCC(=O)N2CC(C)C)c1. The summed E-state index contributed by atoms with van der Waals surface area (Å²) in [4.78, 5) is 14.2. The zero-order chi connectivity index (χ0) is 14.7. The third-order valence-electron chi connectivity index (χ3n) is 3.75. The molecule has 1 aromatic rings. The third kappa shape index (κ3) is 3.12. The van der Waals surface area contributed by atoms with E-state index >= 15 is 0 Å². The summed E-state index contributed by atoms with van der Waals surface area (Å²) in [6.07, 6.45) is 1.30. The quantitative estimate of drug-likeness (QED) is 0.918. The number of piperidine rings is 1. The fourth-order valence-corrected chi connectivity index (χ4v) is 2.84. The first kappa shape index (κ1) is 14.9. The van der Waals surface area contributed by atoms with Crippen LogP contribution in [0.3, 0.4) is 0 Å². The van der Waals surface area contributed by atoms with Crippen molar-refractivity contribution < 1.29 is 9.53 Å². The van der Waals surface area contributed by atoms with Gasteiger partial charge in [-0.1, -0.05) is 26.0 Å². The molecule has 0 aromatic heterocycles. The lowest BCUT2D eigenvalue weighted by atomic mass is 9.89. The van der Waals surface area contributed by atoms with Crippen molar-refractivity contribution >= 4 is 5.91 Å². The summed E-state index contributed by atoms with van der Waals surface area (Å²) in [7, 11) is 1.65. The van der Waals surface area contributed by atoms with Crippen LogP contribution in [0.5, 0.6) is 5.75 Å². The molecule has 0 saturated carbocycles. The van der Waals surface area contributed by atoms with Crippen molar-refractivity contribution in [3.63, 3.8) is 0 Å². The van der Waals surface area contributed by atoms with Gasteiger partial charge in [-0.05, 0) is 30.0 Å². The zero-order valence-corrected chi connectivity index (χ0v) is 12.5. The van der Waals surface area contributed by atoms with Crippen LogP contribution in [0.1, 0.15) is 38.3 Å². The summed E-state index contributed by atoms with van der Waals surface area (Å²) in [5, 5.41) is 0. The molecule has 0 spiro atoms. The number of benzene rings is 1. The number of methoxy groups -OCH3 is 1. The zero-order valence-electron chi connectivity index (χ0n) is 12.5. The van der Waals surface area contributed by atoms with Gasteiger partial charge in [-0.3, -0.25) is 4.79 Å². The number of rotatable bonds is 4. The molecule has 1 saturated heterocycles. The van der Waals surface area contributed by atoms with Crippen LogP contribution >= 0.6 is 0 Å². The molecule has 1 heterocycles. The molecule has 2 unspecified atom stereocenters. The molecule has 2 rings (SSSR count). The van der Waals surface area contributed by atoms with E-state index in [-0.39, 0.29) is 18.0 Å². The van der Waals surface area contributed by atoms with Gasteiger partial charge < -0.3 is 15.4 Å². The van der Waals surface area contributed by atoms with E-state index in [0.29, 0.717) is 12.3 Å².